The molecule has 1 saturated carbocycles. The predicted molar refractivity (Wildman–Crippen MR) is 134 cm³/mol. The van der Waals surface area contributed by atoms with E-state index in [-0.39, 0.29) is 16.1 Å². The molecule has 1 fully saturated rings. The van der Waals surface area contributed by atoms with Crippen LogP contribution in [0.2, 0.25) is 5.02 Å². The molecule has 2 atom stereocenters. The maximum Gasteiger partial charge on any atom is 0.422 e. The fraction of sp³-hybridized carbons (Fsp3) is 0.276. The Hall–Kier alpha value is -3.09. The first kappa shape index (κ1) is 24.6. The highest BCUT2D eigenvalue weighted by molar-refractivity contribution is 6.31. The van der Waals surface area contributed by atoms with Crippen molar-refractivity contribution in [3.63, 3.8) is 0 Å². The van der Waals surface area contributed by atoms with E-state index in [0.717, 1.165) is 11.8 Å². The lowest BCUT2D eigenvalue weighted by atomic mass is 9.78. The van der Waals surface area contributed by atoms with Gasteiger partial charge in [-0.3, -0.25) is 4.98 Å². The molecular formula is C29H25ClF3NO2. The van der Waals surface area contributed by atoms with Crippen molar-refractivity contribution in [2.75, 3.05) is 0 Å². The second-order valence-electron chi connectivity index (χ2n) is 9.39. The molecule has 1 N–H and O–H groups in total. The molecule has 0 amide bonds. The molecule has 0 saturated heterocycles. The fourth-order valence-corrected chi connectivity index (χ4v) is 4.92. The number of hydrogen-bond donors (Lipinski definition) is 1. The van der Waals surface area contributed by atoms with Gasteiger partial charge in [-0.2, -0.15) is 13.2 Å². The van der Waals surface area contributed by atoms with Crippen LogP contribution >= 0.6 is 11.6 Å². The van der Waals surface area contributed by atoms with Gasteiger partial charge in [0.2, 0.25) is 0 Å². The number of rotatable bonds is 7. The monoisotopic (exact) mass is 511 g/mol. The Morgan fingerprint density at radius 3 is 2.42 bits per heavy atom. The molecule has 4 aromatic rings. The van der Waals surface area contributed by atoms with Gasteiger partial charge in [-0.05, 0) is 59.7 Å². The largest absolute Gasteiger partial charge is 0.489 e. The summed E-state index contributed by atoms with van der Waals surface area (Å²) in [5.74, 6) is -0.295. The minimum Gasteiger partial charge on any atom is -0.489 e. The van der Waals surface area contributed by atoms with Gasteiger partial charge in [-0.1, -0.05) is 67.1 Å². The molecule has 7 heteroatoms. The van der Waals surface area contributed by atoms with E-state index in [9.17, 15) is 18.3 Å². The smallest absolute Gasteiger partial charge is 0.422 e. The third kappa shape index (κ3) is 4.67. The molecule has 0 aliphatic heterocycles. The lowest BCUT2D eigenvalue weighted by Crippen LogP contribution is -2.46. The van der Waals surface area contributed by atoms with Crippen LogP contribution in [0.15, 0.2) is 79.0 Å². The molecule has 0 radical (unpaired) electrons. The van der Waals surface area contributed by atoms with Crippen LogP contribution in [-0.4, -0.2) is 16.3 Å². The number of ether oxygens (including phenoxy) is 1. The summed E-state index contributed by atoms with van der Waals surface area (Å²) >= 11 is 6.43. The minimum atomic E-state index is -4.97. The number of halogens is 4. The topological polar surface area (TPSA) is 42.4 Å². The SMILES string of the molecule is CC(c1ccc(OCc2ccc(C3CC3)cc2)cc1Cl)C(O)(c1cnc2ccccc2c1)C(F)(F)F. The average Bonchev–Trinajstić information content (AvgIpc) is 3.72. The molecular weight excluding hydrogens is 487 g/mol. The molecule has 0 bridgehead atoms. The van der Waals surface area contributed by atoms with Gasteiger partial charge < -0.3 is 9.84 Å². The molecule has 3 nitrogen and oxygen atoms in total. The van der Waals surface area contributed by atoms with E-state index in [1.807, 2.05) is 12.1 Å². The average molecular weight is 512 g/mol. The third-order valence-electron chi connectivity index (χ3n) is 6.96. The number of benzene rings is 3. The highest BCUT2D eigenvalue weighted by Gasteiger charge is 2.59. The van der Waals surface area contributed by atoms with Crippen LogP contribution in [0.1, 0.15) is 53.9 Å². The fourth-order valence-electron chi connectivity index (χ4n) is 4.58. The van der Waals surface area contributed by atoms with E-state index in [1.54, 1.807) is 30.3 Å². The van der Waals surface area contributed by atoms with E-state index in [4.69, 9.17) is 16.3 Å². The van der Waals surface area contributed by atoms with Gasteiger partial charge in [0.1, 0.15) is 12.4 Å². The molecule has 0 spiro atoms. The second-order valence-corrected chi connectivity index (χ2v) is 9.80. The van der Waals surface area contributed by atoms with Crippen molar-refractivity contribution < 1.29 is 23.0 Å². The number of aliphatic hydroxyl groups is 1. The second kappa shape index (κ2) is 9.41. The van der Waals surface area contributed by atoms with E-state index in [2.05, 4.69) is 17.1 Å². The Bertz CT molecular complexity index is 1390. The first-order valence-corrected chi connectivity index (χ1v) is 12.2. The van der Waals surface area contributed by atoms with Gasteiger partial charge in [-0.25, -0.2) is 0 Å². The van der Waals surface area contributed by atoms with Crippen LogP contribution in [0.25, 0.3) is 10.9 Å². The van der Waals surface area contributed by atoms with Gasteiger partial charge >= 0.3 is 6.18 Å². The molecule has 36 heavy (non-hydrogen) atoms. The zero-order chi connectivity index (χ0) is 25.5. The molecule has 3 aromatic carbocycles. The molecule has 1 aliphatic rings. The Labute approximate surface area is 212 Å². The highest BCUT2D eigenvalue weighted by atomic mass is 35.5. The number of fused-ring (bicyclic) bond motifs is 1. The summed E-state index contributed by atoms with van der Waals surface area (Å²) in [4.78, 5) is 4.13. The third-order valence-corrected chi connectivity index (χ3v) is 7.29. The zero-order valence-electron chi connectivity index (χ0n) is 19.6. The summed E-state index contributed by atoms with van der Waals surface area (Å²) in [7, 11) is 0. The summed E-state index contributed by atoms with van der Waals surface area (Å²) in [5.41, 5.74) is -0.514. The summed E-state index contributed by atoms with van der Waals surface area (Å²) < 4.78 is 49.0. The van der Waals surface area contributed by atoms with Gasteiger partial charge in [0, 0.05) is 28.1 Å². The van der Waals surface area contributed by atoms with E-state index in [0.29, 0.717) is 29.2 Å². The van der Waals surface area contributed by atoms with Crippen molar-refractivity contribution >= 4 is 22.5 Å². The van der Waals surface area contributed by atoms with Crippen LogP contribution in [0.4, 0.5) is 13.2 Å². The van der Waals surface area contributed by atoms with E-state index >= 15 is 0 Å². The minimum absolute atomic E-state index is 0.0838. The van der Waals surface area contributed by atoms with E-state index in [1.165, 1.54) is 43.5 Å². The van der Waals surface area contributed by atoms with Crippen LogP contribution in [-0.2, 0) is 12.2 Å². The molecule has 2 unspecified atom stereocenters. The van der Waals surface area contributed by atoms with Crippen molar-refractivity contribution in [3.05, 3.63) is 106 Å². The highest BCUT2D eigenvalue weighted by Crippen LogP contribution is 2.50. The number of hydrogen-bond acceptors (Lipinski definition) is 3. The predicted octanol–water partition coefficient (Wildman–Crippen LogP) is 7.90. The molecule has 5 rings (SSSR count). The Kier molecular flexibility index (Phi) is 6.43. The Morgan fingerprint density at radius 1 is 1.03 bits per heavy atom. The summed E-state index contributed by atoms with van der Waals surface area (Å²) in [6, 6.07) is 20.9. The normalized spacial score (nSPS) is 16.5. The molecule has 1 heterocycles. The molecule has 186 valence electrons. The summed E-state index contributed by atoms with van der Waals surface area (Å²) in [5, 5.41) is 11.7. The maximum atomic E-state index is 14.4. The van der Waals surface area contributed by atoms with Crippen molar-refractivity contribution in [1.29, 1.82) is 0 Å². The number of pyridine rings is 1. The van der Waals surface area contributed by atoms with Crippen molar-refractivity contribution in [1.82, 2.24) is 4.98 Å². The van der Waals surface area contributed by atoms with Crippen LogP contribution < -0.4 is 4.74 Å². The number of aromatic nitrogens is 1. The van der Waals surface area contributed by atoms with Gasteiger partial charge in [-0.15, -0.1) is 0 Å². The summed E-state index contributed by atoms with van der Waals surface area (Å²) in [6.07, 6.45) is -1.42. The van der Waals surface area contributed by atoms with Crippen LogP contribution in [0, 0.1) is 0 Å². The molecule has 1 aromatic heterocycles. The first-order chi connectivity index (χ1) is 17.2. The Morgan fingerprint density at radius 2 is 1.75 bits per heavy atom. The lowest BCUT2D eigenvalue weighted by molar-refractivity contribution is -0.274. The Balaban J connectivity index is 1.39. The summed E-state index contributed by atoms with van der Waals surface area (Å²) in [6.45, 7) is 1.62. The van der Waals surface area contributed by atoms with Gasteiger partial charge in [0.15, 0.2) is 5.60 Å². The zero-order valence-corrected chi connectivity index (χ0v) is 20.4. The number of alkyl halides is 3. The quantitative estimate of drug-likeness (QED) is 0.274. The lowest BCUT2D eigenvalue weighted by Gasteiger charge is -2.37. The number of nitrogens with zero attached hydrogens (tertiary/aromatic N) is 1. The van der Waals surface area contributed by atoms with Gasteiger partial charge in [0.05, 0.1) is 5.52 Å². The van der Waals surface area contributed by atoms with Crippen molar-refractivity contribution in [2.24, 2.45) is 0 Å². The van der Waals surface area contributed by atoms with Crippen molar-refractivity contribution in [2.45, 2.75) is 50.0 Å². The first-order valence-electron chi connectivity index (χ1n) is 11.8. The number of para-hydroxylation sites is 1. The van der Waals surface area contributed by atoms with Crippen molar-refractivity contribution in [3.8, 4) is 5.75 Å². The van der Waals surface area contributed by atoms with Crippen LogP contribution in [0.5, 0.6) is 5.75 Å². The molecule has 1 aliphatic carbocycles. The van der Waals surface area contributed by atoms with Gasteiger partial charge in [0.25, 0.3) is 0 Å². The van der Waals surface area contributed by atoms with E-state index < -0.39 is 17.7 Å². The standard InChI is InChI=1S/C29H25ClF3NO2/c1-18(28(35,29(31,32)33)23-14-22-4-2-3-5-27(22)34-16-23)25-13-12-24(15-26(25)30)36-17-19-6-8-20(9-7-19)21-10-11-21/h2-9,12-16,18,21,35H,10-11,17H2,1H3. The maximum absolute atomic E-state index is 14.4. The van der Waals surface area contributed by atoms with Crippen LogP contribution in [0.3, 0.4) is 0 Å².